The molecule has 2 heterocycles. The van der Waals surface area contributed by atoms with Gasteiger partial charge in [-0.25, -0.2) is 18.9 Å². The number of carbonyl (C=O) groups excluding carboxylic acids is 2. The van der Waals surface area contributed by atoms with Gasteiger partial charge in [-0.15, -0.1) is 0 Å². The maximum Gasteiger partial charge on any atom is 0.422 e. The molecule has 9 nitrogen and oxygen atoms in total. The lowest BCUT2D eigenvalue weighted by atomic mass is 9.83. The van der Waals surface area contributed by atoms with Crippen molar-refractivity contribution in [2.24, 2.45) is 0 Å². The van der Waals surface area contributed by atoms with Gasteiger partial charge in [-0.1, -0.05) is 11.6 Å². The molecule has 0 bridgehead atoms. The Morgan fingerprint density at radius 3 is 2.77 bits per heavy atom. The van der Waals surface area contributed by atoms with E-state index in [2.05, 4.69) is 10.6 Å². The minimum absolute atomic E-state index is 0.000210. The van der Waals surface area contributed by atoms with E-state index in [1.165, 1.54) is 19.2 Å². The highest BCUT2D eigenvalue weighted by Gasteiger charge is 2.51. The third-order valence-electron chi connectivity index (χ3n) is 5.64. The fourth-order valence-corrected chi connectivity index (χ4v) is 4.15. The lowest BCUT2D eigenvalue weighted by Gasteiger charge is -2.44. The maximum atomic E-state index is 15.2. The van der Waals surface area contributed by atoms with Crippen LogP contribution < -0.4 is 15.5 Å². The van der Waals surface area contributed by atoms with Gasteiger partial charge in [0, 0.05) is 20.1 Å². The average Bonchev–Trinajstić information content (AvgIpc) is 2.70. The maximum absolute atomic E-state index is 15.2. The molecule has 2 aliphatic heterocycles. The van der Waals surface area contributed by atoms with Crippen molar-refractivity contribution in [2.45, 2.75) is 50.4 Å². The van der Waals surface area contributed by atoms with Gasteiger partial charge < -0.3 is 25.2 Å². The molecule has 0 radical (unpaired) electrons. The molecule has 0 saturated carbocycles. The van der Waals surface area contributed by atoms with Gasteiger partial charge in [0.15, 0.2) is 11.4 Å². The van der Waals surface area contributed by atoms with Crippen molar-refractivity contribution in [1.82, 2.24) is 10.6 Å². The van der Waals surface area contributed by atoms with Gasteiger partial charge in [-0.05, 0) is 45.4 Å². The predicted molar refractivity (Wildman–Crippen MR) is 110 cm³/mol. The molecule has 1 aromatic rings. The van der Waals surface area contributed by atoms with Crippen molar-refractivity contribution in [1.29, 1.82) is 0 Å². The number of fused-ring (bicyclic) bond motifs is 2. The van der Waals surface area contributed by atoms with Crippen molar-refractivity contribution in [3.63, 3.8) is 0 Å². The smallest absolute Gasteiger partial charge is 0.422 e. The first-order chi connectivity index (χ1) is 14.5. The number of imide groups is 1. The number of carbonyl (C=O) groups is 3. The molecule has 3 amide bonds. The molecule has 1 spiro atoms. The number of amides is 3. The van der Waals surface area contributed by atoms with Gasteiger partial charge in [-0.3, -0.25) is 4.79 Å². The highest BCUT2D eigenvalue weighted by Crippen LogP contribution is 2.46. The first-order valence-electron chi connectivity index (χ1n) is 9.82. The molecule has 11 heteroatoms. The van der Waals surface area contributed by atoms with Crippen molar-refractivity contribution < 1.29 is 33.4 Å². The van der Waals surface area contributed by atoms with E-state index in [0.29, 0.717) is 24.3 Å². The first-order valence-corrected chi connectivity index (χ1v) is 10.2. The number of carboxylic acid groups (broad SMARTS) is 1. The quantitative estimate of drug-likeness (QED) is 0.622. The largest absolute Gasteiger partial charge is 0.465 e. The van der Waals surface area contributed by atoms with Crippen LogP contribution in [0.15, 0.2) is 12.1 Å². The molecule has 0 aromatic heterocycles. The monoisotopic (exact) mass is 457 g/mol. The minimum Gasteiger partial charge on any atom is -0.465 e. The zero-order chi connectivity index (χ0) is 23.0. The number of anilines is 1. The van der Waals surface area contributed by atoms with Gasteiger partial charge in [0.2, 0.25) is 0 Å². The molecule has 1 fully saturated rings. The number of methoxy groups -OCH3 is 1. The van der Waals surface area contributed by atoms with E-state index in [1.54, 1.807) is 13.8 Å². The Kier molecular flexibility index (Phi) is 6.45. The van der Waals surface area contributed by atoms with E-state index in [9.17, 15) is 19.5 Å². The van der Waals surface area contributed by atoms with Crippen LogP contribution in [0.25, 0.3) is 0 Å². The van der Waals surface area contributed by atoms with Crippen LogP contribution in [-0.4, -0.2) is 55.0 Å². The second-order valence-electron chi connectivity index (χ2n) is 8.24. The highest BCUT2D eigenvalue weighted by molar-refractivity contribution is 6.31. The molecule has 0 unspecified atom stereocenters. The fourth-order valence-electron chi connectivity index (χ4n) is 3.99. The fraction of sp³-hybridized carbons (Fsp3) is 0.550. The lowest BCUT2D eigenvalue weighted by molar-refractivity contribution is -0.122. The summed E-state index contributed by atoms with van der Waals surface area (Å²) < 4.78 is 26.1. The molecule has 0 aliphatic carbocycles. The third kappa shape index (κ3) is 4.46. The van der Waals surface area contributed by atoms with Crippen LogP contribution in [0.3, 0.4) is 0 Å². The summed E-state index contributed by atoms with van der Waals surface area (Å²) in [6.45, 7) is 4.18. The van der Waals surface area contributed by atoms with Crippen LogP contribution in [0.4, 0.5) is 19.7 Å². The standard InChI is InChI=1S/C20H25ClFN3O6/c1-19(2,30-3)9-12(24-17(27)28)16(26)25-13-6-5-11(21)15(22)14(13)20(31-18(25)29)7-4-8-23-10-20/h5-6,12,23-24H,4,7-10H2,1-3H3,(H,27,28)/t12-,20-/m0/s1. The molecular weight excluding hydrogens is 433 g/mol. The van der Waals surface area contributed by atoms with Crippen LogP contribution >= 0.6 is 11.6 Å². The number of piperidine rings is 1. The summed E-state index contributed by atoms with van der Waals surface area (Å²) in [6.07, 6.45) is -1.55. The van der Waals surface area contributed by atoms with Crippen LogP contribution in [0, 0.1) is 5.82 Å². The van der Waals surface area contributed by atoms with Crippen molar-refractivity contribution in [3.8, 4) is 0 Å². The SMILES string of the molecule is COC(C)(C)C[C@H](NC(=O)O)C(=O)N1C(=O)O[C@]2(CCCNC2)c2c1ccc(Cl)c2F. The van der Waals surface area contributed by atoms with E-state index < -0.39 is 41.2 Å². The van der Waals surface area contributed by atoms with Crippen molar-refractivity contribution >= 4 is 35.4 Å². The van der Waals surface area contributed by atoms with Crippen LogP contribution in [0.2, 0.25) is 5.02 Å². The molecular formula is C20H25ClFN3O6. The Bertz CT molecular complexity index is 903. The van der Waals surface area contributed by atoms with E-state index in [4.69, 9.17) is 21.1 Å². The van der Waals surface area contributed by atoms with E-state index in [0.717, 1.165) is 0 Å². The molecule has 1 saturated heterocycles. The second-order valence-corrected chi connectivity index (χ2v) is 8.65. The number of nitrogens with one attached hydrogen (secondary N) is 2. The zero-order valence-corrected chi connectivity index (χ0v) is 18.2. The topological polar surface area (TPSA) is 117 Å². The molecule has 2 atom stereocenters. The summed E-state index contributed by atoms with van der Waals surface area (Å²) in [4.78, 5) is 38.3. The second kappa shape index (κ2) is 8.60. The molecule has 3 rings (SSSR count). The number of nitrogens with zero attached hydrogens (tertiary/aromatic N) is 1. The van der Waals surface area contributed by atoms with E-state index in [1.807, 2.05) is 0 Å². The average molecular weight is 458 g/mol. The number of hydrogen-bond acceptors (Lipinski definition) is 6. The summed E-state index contributed by atoms with van der Waals surface area (Å²) in [5.41, 5.74) is -2.21. The number of rotatable bonds is 5. The molecule has 170 valence electrons. The normalized spacial score (nSPS) is 22.0. The van der Waals surface area contributed by atoms with Gasteiger partial charge in [-0.2, -0.15) is 0 Å². The predicted octanol–water partition coefficient (Wildman–Crippen LogP) is 2.99. The van der Waals surface area contributed by atoms with Crippen LogP contribution in [0.5, 0.6) is 0 Å². The summed E-state index contributed by atoms with van der Waals surface area (Å²) in [7, 11) is 1.42. The summed E-state index contributed by atoms with van der Waals surface area (Å²) in [5, 5.41) is 14.3. The summed E-state index contributed by atoms with van der Waals surface area (Å²) in [5.74, 6) is -1.69. The number of benzene rings is 1. The minimum atomic E-state index is -1.45. The Labute approximate surface area is 183 Å². The zero-order valence-electron chi connectivity index (χ0n) is 17.5. The lowest BCUT2D eigenvalue weighted by Crippen LogP contribution is -2.59. The molecule has 31 heavy (non-hydrogen) atoms. The number of halogens is 2. The number of ether oxygens (including phenoxy) is 2. The first kappa shape index (κ1) is 23.2. The van der Waals surface area contributed by atoms with Crippen LogP contribution in [-0.2, 0) is 19.9 Å². The Balaban J connectivity index is 2.08. The van der Waals surface area contributed by atoms with Gasteiger partial charge in [0.25, 0.3) is 5.91 Å². The van der Waals surface area contributed by atoms with Gasteiger partial charge >= 0.3 is 12.2 Å². The molecule has 2 aliphatic rings. The van der Waals surface area contributed by atoms with Gasteiger partial charge in [0.1, 0.15) is 6.04 Å². The Morgan fingerprint density at radius 2 is 2.19 bits per heavy atom. The number of hydrogen-bond donors (Lipinski definition) is 3. The van der Waals surface area contributed by atoms with E-state index in [-0.39, 0.29) is 29.2 Å². The van der Waals surface area contributed by atoms with Crippen molar-refractivity contribution in [3.05, 3.63) is 28.5 Å². The van der Waals surface area contributed by atoms with Crippen molar-refractivity contribution in [2.75, 3.05) is 25.1 Å². The summed E-state index contributed by atoms with van der Waals surface area (Å²) in [6, 6.07) is 1.27. The molecule has 1 aromatic carbocycles. The highest BCUT2D eigenvalue weighted by atomic mass is 35.5. The Morgan fingerprint density at radius 1 is 1.48 bits per heavy atom. The Hall–Kier alpha value is -2.43. The third-order valence-corrected chi connectivity index (χ3v) is 5.94. The van der Waals surface area contributed by atoms with Gasteiger partial charge in [0.05, 0.1) is 21.9 Å². The van der Waals surface area contributed by atoms with Crippen LogP contribution in [0.1, 0.15) is 38.7 Å². The summed E-state index contributed by atoms with van der Waals surface area (Å²) >= 11 is 6.00. The molecule has 3 N–H and O–H groups in total. The van der Waals surface area contributed by atoms with E-state index >= 15 is 4.39 Å².